The third-order valence-corrected chi connectivity index (χ3v) is 5.85. The van der Waals surface area contributed by atoms with Gasteiger partial charge in [0.05, 0.1) is 6.26 Å². The van der Waals surface area contributed by atoms with Crippen LogP contribution in [0.15, 0.2) is 22.6 Å². The third-order valence-electron chi connectivity index (χ3n) is 4.52. The van der Waals surface area contributed by atoms with Crippen LogP contribution in [-0.2, 0) is 10.0 Å². The SMILES string of the molecule is Cc1nc2ccc(C(=O)NCC[C@H]3CCCCN3S(C)(=O)=O)cc2o1. The first-order valence-electron chi connectivity index (χ1n) is 8.47. The highest BCUT2D eigenvalue weighted by Gasteiger charge is 2.28. The molecule has 1 atom stereocenters. The van der Waals surface area contributed by atoms with E-state index in [0.717, 1.165) is 24.8 Å². The fourth-order valence-corrected chi connectivity index (χ4v) is 4.55. The summed E-state index contributed by atoms with van der Waals surface area (Å²) in [4.78, 5) is 16.5. The fourth-order valence-electron chi connectivity index (χ4n) is 3.33. The molecule has 1 saturated heterocycles. The molecule has 0 radical (unpaired) electrons. The number of sulfonamides is 1. The predicted molar refractivity (Wildman–Crippen MR) is 94.9 cm³/mol. The van der Waals surface area contributed by atoms with E-state index in [1.54, 1.807) is 29.4 Å². The lowest BCUT2D eigenvalue weighted by Gasteiger charge is -2.33. The highest BCUT2D eigenvalue weighted by molar-refractivity contribution is 7.88. The molecule has 1 aromatic carbocycles. The summed E-state index contributed by atoms with van der Waals surface area (Å²) in [5.74, 6) is 0.364. The maximum absolute atomic E-state index is 12.3. The summed E-state index contributed by atoms with van der Waals surface area (Å²) in [6.07, 6.45) is 4.62. The molecular weight excluding hydrogens is 342 g/mol. The van der Waals surface area contributed by atoms with Crippen LogP contribution in [0.5, 0.6) is 0 Å². The molecule has 0 saturated carbocycles. The third kappa shape index (κ3) is 4.19. The Morgan fingerprint density at radius 1 is 1.40 bits per heavy atom. The number of nitrogens with zero attached hydrogens (tertiary/aromatic N) is 2. The Hall–Kier alpha value is -1.93. The van der Waals surface area contributed by atoms with Gasteiger partial charge in [0.1, 0.15) is 5.52 Å². The van der Waals surface area contributed by atoms with Gasteiger partial charge in [-0.3, -0.25) is 4.79 Å². The first-order valence-corrected chi connectivity index (χ1v) is 10.3. The van der Waals surface area contributed by atoms with E-state index in [9.17, 15) is 13.2 Å². The largest absolute Gasteiger partial charge is 0.441 e. The Balaban J connectivity index is 1.59. The van der Waals surface area contributed by atoms with E-state index in [1.807, 2.05) is 0 Å². The quantitative estimate of drug-likeness (QED) is 0.876. The average molecular weight is 365 g/mol. The van der Waals surface area contributed by atoms with Crippen LogP contribution in [0.2, 0.25) is 0 Å². The van der Waals surface area contributed by atoms with Crippen molar-refractivity contribution in [1.29, 1.82) is 0 Å². The van der Waals surface area contributed by atoms with Crippen LogP contribution in [0.25, 0.3) is 11.1 Å². The number of hydrogen-bond donors (Lipinski definition) is 1. The Labute approximate surface area is 147 Å². The number of hydrogen-bond acceptors (Lipinski definition) is 5. The van der Waals surface area contributed by atoms with E-state index in [4.69, 9.17) is 4.42 Å². The summed E-state index contributed by atoms with van der Waals surface area (Å²) in [7, 11) is -3.20. The number of aromatic nitrogens is 1. The number of amides is 1. The van der Waals surface area contributed by atoms with Gasteiger partial charge >= 0.3 is 0 Å². The predicted octanol–water partition coefficient (Wildman–Crippen LogP) is 2.07. The second kappa shape index (κ2) is 7.13. The van der Waals surface area contributed by atoms with Gasteiger partial charge in [-0.25, -0.2) is 13.4 Å². The molecule has 1 aliphatic rings. The van der Waals surface area contributed by atoms with Crippen LogP contribution < -0.4 is 5.32 Å². The molecule has 136 valence electrons. The number of aryl methyl sites for hydroxylation is 1. The lowest BCUT2D eigenvalue weighted by molar-refractivity contribution is 0.0949. The number of nitrogens with one attached hydrogen (secondary N) is 1. The normalized spacial score (nSPS) is 19.2. The Bertz CT molecular complexity index is 875. The Kier molecular flexibility index (Phi) is 5.10. The molecule has 3 rings (SSSR count). The summed E-state index contributed by atoms with van der Waals surface area (Å²) < 4.78 is 30.7. The van der Waals surface area contributed by atoms with Crippen LogP contribution in [0, 0.1) is 6.92 Å². The molecule has 25 heavy (non-hydrogen) atoms. The van der Waals surface area contributed by atoms with Gasteiger partial charge in [-0.15, -0.1) is 0 Å². The molecule has 2 heterocycles. The average Bonchev–Trinajstić information content (AvgIpc) is 2.93. The topological polar surface area (TPSA) is 92.5 Å². The van der Waals surface area contributed by atoms with Gasteiger partial charge in [0.15, 0.2) is 11.5 Å². The van der Waals surface area contributed by atoms with E-state index in [-0.39, 0.29) is 11.9 Å². The Morgan fingerprint density at radius 3 is 2.96 bits per heavy atom. The van der Waals surface area contributed by atoms with E-state index >= 15 is 0 Å². The zero-order chi connectivity index (χ0) is 18.0. The van der Waals surface area contributed by atoms with Gasteiger partial charge in [-0.1, -0.05) is 6.42 Å². The fraction of sp³-hybridized carbons (Fsp3) is 0.529. The summed E-state index contributed by atoms with van der Waals surface area (Å²) in [5.41, 5.74) is 1.81. The van der Waals surface area contributed by atoms with Gasteiger partial charge in [-0.2, -0.15) is 4.31 Å². The van der Waals surface area contributed by atoms with Crippen molar-refractivity contribution >= 4 is 27.0 Å². The van der Waals surface area contributed by atoms with Gasteiger partial charge in [0.2, 0.25) is 10.0 Å². The molecule has 1 amide bonds. The molecule has 1 fully saturated rings. The zero-order valence-corrected chi connectivity index (χ0v) is 15.3. The van der Waals surface area contributed by atoms with Gasteiger partial charge in [0.25, 0.3) is 5.91 Å². The maximum atomic E-state index is 12.3. The van der Waals surface area contributed by atoms with Crippen molar-refractivity contribution < 1.29 is 17.6 Å². The molecular formula is C17H23N3O4S. The zero-order valence-electron chi connectivity index (χ0n) is 14.5. The van der Waals surface area contributed by atoms with Gasteiger partial charge < -0.3 is 9.73 Å². The number of benzene rings is 1. The summed E-state index contributed by atoms with van der Waals surface area (Å²) >= 11 is 0. The van der Waals surface area contributed by atoms with Crippen molar-refractivity contribution in [3.63, 3.8) is 0 Å². The van der Waals surface area contributed by atoms with Crippen molar-refractivity contribution in [1.82, 2.24) is 14.6 Å². The van der Waals surface area contributed by atoms with Crippen molar-refractivity contribution in [2.24, 2.45) is 0 Å². The molecule has 0 aliphatic carbocycles. The van der Waals surface area contributed by atoms with Crippen molar-refractivity contribution in [3.8, 4) is 0 Å². The lowest BCUT2D eigenvalue weighted by atomic mass is 10.0. The maximum Gasteiger partial charge on any atom is 0.251 e. The van der Waals surface area contributed by atoms with Crippen molar-refractivity contribution in [3.05, 3.63) is 29.7 Å². The van der Waals surface area contributed by atoms with Crippen LogP contribution in [0.4, 0.5) is 0 Å². The minimum absolute atomic E-state index is 0.0385. The van der Waals surface area contributed by atoms with Gasteiger partial charge in [-0.05, 0) is 37.5 Å². The number of carbonyl (C=O) groups excluding carboxylic acids is 1. The smallest absolute Gasteiger partial charge is 0.251 e. The summed E-state index contributed by atoms with van der Waals surface area (Å²) in [6.45, 7) is 2.76. The molecule has 0 spiro atoms. The minimum atomic E-state index is -3.20. The first-order chi connectivity index (χ1) is 11.8. The molecule has 0 unspecified atom stereocenters. The molecule has 1 N–H and O–H groups in total. The van der Waals surface area contributed by atoms with Crippen LogP contribution >= 0.6 is 0 Å². The molecule has 7 nitrogen and oxygen atoms in total. The van der Waals surface area contributed by atoms with Crippen LogP contribution in [0.1, 0.15) is 41.9 Å². The number of oxazole rings is 1. The van der Waals surface area contributed by atoms with Crippen molar-refractivity contribution in [2.45, 2.75) is 38.6 Å². The number of piperidine rings is 1. The number of fused-ring (bicyclic) bond motifs is 1. The van der Waals surface area contributed by atoms with Crippen LogP contribution in [0.3, 0.4) is 0 Å². The molecule has 2 aromatic rings. The van der Waals surface area contributed by atoms with Gasteiger partial charge in [0, 0.05) is 31.6 Å². The standard InChI is InChI=1S/C17H23N3O4S/c1-12-19-15-7-6-13(11-16(15)24-12)17(21)18-9-8-14-5-3-4-10-20(14)25(2,22)23/h6-7,11,14H,3-5,8-10H2,1-2H3,(H,18,21)/t14-/m1/s1. The van der Waals surface area contributed by atoms with Crippen LogP contribution in [-0.4, -0.2) is 49.0 Å². The Morgan fingerprint density at radius 2 is 2.20 bits per heavy atom. The highest BCUT2D eigenvalue weighted by Crippen LogP contribution is 2.22. The second-order valence-electron chi connectivity index (χ2n) is 6.48. The van der Waals surface area contributed by atoms with E-state index < -0.39 is 10.0 Å². The second-order valence-corrected chi connectivity index (χ2v) is 8.42. The van der Waals surface area contributed by atoms with Crippen molar-refractivity contribution in [2.75, 3.05) is 19.3 Å². The number of rotatable bonds is 5. The van der Waals surface area contributed by atoms with E-state index in [1.165, 1.54) is 6.26 Å². The van der Waals surface area contributed by atoms with E-state index in [0.29, 0.717) is 36.5 Å². The molecule has 0 bridgehead atoms. The number of carbonyl (C=O) groups is 1. The molecule has 8 heteroatoms. The molecule has 1 aliphatic heterocycles. The highest BCUT2D eigenvalue weighted by atomic mass is 32.2. The molecule has 1 aromatic heterocycles. The monoisotopic (exact) mass is 365 g/mol. The first kappa shape index (κ1) is 17.9. The van der Waals surface area contributed by atoms with E-state index in [2.05, 4.69) is 10.3 Å². The summed E-state index contributed by atoms with van der Waals surface area (Å²) in [5, 5.41) is 2.87. The lowest BCUT2D eigenvalue weighted by Crippen LogP contribution is -2.44. The minimum Gasteiger partial charge on any atom is -0.441 e. The summed E-state index contributed by atoms with van der Waals surface area (Å²) in [6, 6.07) is 5.10.